The highest BCUT2D eigenvalue weighted by molar-refractivity contribution is 6.00. The lowest BCUT2D eigenvalue weighted by molar-refractivity contribution is -0.119. The van der Waals surface area contributed by atoms with Crippen molar-refractivity contribution in [2.75, 3.05) is 23.4 Å². The lowest BCUT2D eigenvalue weighted by Crippen LogP contribution is -2.30. The molecule has 0 unspecified atom stereocenters. The predicted molar refractivity (Wildman–Crippen MR) is 113 cm³/mol. The maximum Gasteiger partial charge on any atom is 0.262 e. The van der Waals surface area contributed by atoms with Crippen LogP contribution in [0, 0.1) is 5.92 Å². The number of nitrogens with zero attached hydrogens (tertiary/aromatic N) is 1. The number of hydrogen-bond donors (Lipinski definition) is 1. The molecule has 0 bridgehead atoms. The fraction of sp³-hybridized carbons (Fsp3) is 0.250. The molecular formula is C24H22N2O3. The van der Waals surface area contributed by atoms with Gasteiger partial charge in [-0.05, 0) is 59.9 Å². The Morgan fingerprint density at radius 3 is 2.66 bits per heavy atom. The lowest BCUT2D eigenvalue weighted by atomic mass is 10.1. The van der Waals surface area contributed by atoms with Gasteiger partial charge in [0.2, 0.25) is 5.91 Å². The molecule has 5 nitrogen and oxygen atoms in total. The number of amides is 2. The van der Waals surface area contributed by atoms with Gasteiger partial charge in [0.15, 0.2) is 6.61 Å². The molecule has 1 N–H and O–H groups in total. The zero-order chi connectivity index (χ0) is 19.8. The fourth-order valence-electron chi connectivity index (χ4n) is 3.84. The van der Waals surface area contributed by atoms with Crippen LogP contribution in [0.3, 0.4) is 0 Å². The van der Waals surface area contributed by atoms with E-state index in [9.17, 15) is 9.59 Å². The molecule has 1 aliphatic heterocycles. The van der Waals surface area contributed by atoms with E-state index in [0.717, 1.165) is 47.8 Å². The van der Waals surface area contributed by atoms with Crippen molar-refractivity contribution in [3.8, 4) is 5.75 Å². The zero-order valence-electron chi connectivity index (χ0n) is 16.1. The number of carbonyl (C=O) groups excluding carboxylic acids is 2. The van der Waals surface area contributed by atoms with E-state index in [1.165, 1.54) is 0 Å². The van der Waals surface area contributed by atoms with Crippen LogP contribution in [-0.2, 0) is 16.0 Å². The van der Waals surface area contributed by atoms with Crippen molar-refractivity contribution in [3.05, 3.63) is 66.2 Å². The van der Waals surface area contributed by atoms with Crippen molar-refractivity contribution >= 4 is 34.0 Å². The molecule has 0 aromatic heterocycles. The van der Waals surface area contributed by atoms with Crippen LogP contribution in [-0.4, -0.2) is 25.0 Å². The molecule has 5 rings (SSSR count). The van der Waals surface area contributed by atoms with Gasteiger partial charge < -0.3 is 15.0 Å². The fourth-order valence-corrected chi connectivity index (χ4v) is 3.84. The minimum atomic E-state index is -0.226. The minimum absolute atomic E-state index is 0.0693. The summed E-state index contributed by atoms with van der Waals surface area (Å²) in [5, 5.41) is 5.09. The van der Waals surface area contributed by atoms with Crippen molar-refractivity contribution in [2.45, 2.75) is 19.3 Å². The van der Waals surface area contributed by atoms with Gasteiger partial charge in [-0.15, -0.1) is 0 Å². The molecule has 0 radical (unpaired) electrons. The van der Waals surface area contributed by atoms with Crippen molar-refractivity contribution < 1.29 is 14.3 Å². The molecule has 0 saturated heterocycles. The third-order valence-electron chi connectivity index (χ3n) is 5.55. The largest absolute Gasteiger partial charge is 0.484 e. The van der Waals surface area contributed by atoms with Crippen LogP contribution < -0.4 is 15.0 Å². The second-order valence-electron chi connectivity index (χ2n) is 7.70. The van der Waals surface area contributed by atoms with Crippen molar-refractivity contribution in [1.29, 1.82) is 0 Å². The number of rotatable bonds is 5. The van der Waals surface area contributed by atoms with Crippen molar-refractivity contribution in [3.63, 3.8) is 0 Å². The van der Waals surface area contributed by atoms with Gasteiger partial charge in [-0.3, -0.25) is 9.59 Å². The van der Waals surface area contributed by atoms with Crippen LogP contribution in [0.5, 0.6) is 5.75 Å². The Balaban J connectivity index is 1.24. The summed E-state index contributed by atoms with van der Waals surface area (Å²) < 4.78 is 5.66. The molecule has 2 amide bonds. The average Bonchev–Trinajstić information content (AvgIpc) is 3.51. The standard InChI is InChI=1S/C24H22N2O3/c27-23(15-29-21-10-8-16-3-1-2-4-19(16)13-21)25-20-9-7-17-11-12-26(22(17)14-20)24(28)18-5-6-18/h1-4,7-10,13-14,18H,5-6,11-12,15H2,(H,25,27). The first-order valence-corrected chi connectivity index (χ1v) is 10.0. The molecule has 5 heteroatoms. The SMILES string of the molecule is O=C(COc1ccc2ccccc2c1)Nc1ccc2c(c1)N(C(=O)C1CC1)CC2. The second-order valence-corrected chi connectivity index (χ2v) is 7.70. The maximum absolute atomic E-state index is 12.5. The smallest absolute Gasteiger partial charge is 0.262 e. The number of benzene rings is 3. The molecular weight excluding hydrogens is 364 g/mol. The number of carbonyl (C=O) groups is 2. The van der Waals surface area contributed by atoms with E-state index in [2.05, 4.69) is 5.32 Å². The van der Waals surface area contributed by atoms with Gasteiger partial charge in [0.1, 0.15) is 5.75 Å². The summed E-state index contributed by atoms with van der Waals surface area (Å²) in [6, 6.07) is 19.6. The first-order chi connectivity index (χ1) is 14.2. The quantitative estimate of drug-likeness (QED) is 0.716. The molecule has 1 heterocycles. The van der Waals surface area contributed by atoms with Gasteiger partial charge in [0.25, 0.3) is 5.91 Å². The normalized spacial score (nSPS) is 15.2. The summed E-state index contributed by atoms with van der Waals surface area (Å²) in [5.74, 6) is 0.839. The molecule has 29 heavy (non-hydrogen) atoms. The van der Waals surface area contributed by atoms with E-state index in [1.54, 1.807) is 0 Å². The molecule has 1 saturated carbocycles. The van der Waals surface area contributed by atoms with Gasteiger partial charge in [-0.2, -0.15) is 0 Å². The lowest BCUT2D eigenvalue weighted by Gasteiger charge is -2.18. The number of anilines is 2. The van der Waals surface area contributed by atoms with Crippen molar-refractivity contribution in [2.24, 2.45) is 5.92 Å². The van der Waals surface area contributed by atoms with Gasteiger partial charge in [-0.1, -0.05) is 36.4 Å². The van der Waals surface area contributed by atoms with E-state index in [0.29, 0.717) is 11.4 Å². The predicted octanol–water partition coefficient (Wildman–Crippen LogP) is 4.16. The van der Waals surface area contributed by atoms with E-state index in [4.69, 9.17) is 4.74 Å². The van der Waals surface area contributed by atoms with E-state index >= 15 is 0 Å². The van der Waals surface area contributed by atoms with Crippen LogP contribution in [0.15, 0.2) is 60.7 Å². The summed E-state index contributed by atoms with van der Waals surface area (Å²) >= 11 is 0. The Labute approximate surface area is 169 Å². The van der Waals surface area contributed by atoms with Gasteiger partial charge in [0, 0.05) is 23.8 Å². The first-order valence-electron chi connectivity index (χ1n) is 10.0. The van der Waals surface area contributed by atoms with E-state index in [-0.39, 0.29) is 24.3 Å². The summed E-state index contributed by atoms with van der Waals surface area (Å²) in [6.45, 7) is 0.660. The molecule has 0 atom stereocenters. The van der Waals surface area contributed by atoms with Gasteiger partial charge in [0.05, 0.1) is 0 Å². The van der Waals surface area contributed by atoms with Gasteiger partial charge >= 0.3 is 0 Å². The van der Waals surface area contributed by atoms with Crippen LogP contribution >= 0.6 is 0 Å². The maximum atomic E-state index is 12.5. The average molecular weight is 386 g/mol. The van der Waals surface area contributed by atoms with E-state index < -0.39 is 0 Å². The summed E-state index contributed by atoms with van der Waals surface area (Å²) in [5.41, 5.74) is 2.77. The Hall–Kier alpha value is -3.34. The van der Waals surface area contributed by atoms with Crippen LogP contribution in [0.25, 0.3) is 10.8 Å². The van der Waals surface area contributed by atoms with Gasteiger partial charge in [-0.25, -0.2) is 0 Å². The Morgan fingerprint density at radius 1 is 1.00 bits per heavy atom. The highest BCUT2D eigenvalue weighted by Crippen LogP contribution is 2.37. The molecule has 2 aliphatic rings. The first kappa shape index (κ1) is 17.7. The number of hydrogen-bond acceptors (Lipinski definition) is 3. The van der Waals surface area contributed by atoms with Crippen LogP contribution in [0.1, 0.15) is 18.4 Å². The number of ether oxygens (including phenoxy) is 1. The van der Waals surface area contributed by atoms with E-state index in [1.807, 2.05) is 65.6 Å². The zero-order valence-corrected chi connectivity index (χ0v) is 16.1. The highest BCUT2D eigenvalue weighted by Gasteiger charge is 2.36. The molecule has 1 fully saturated rings. The minimum Gasteiger partial charge on any atom is -0.484 e. The Morgan fingerprint density at radius 2 is 1.83 bits per heavy atom. The Kier molecular flexibility index (Phi) is 4.43. The third kappa shape index (κ3) is 3.68. The van der Waals surface area contributed by atoms with Crippen LogP contribution in [0.2, 0.25) is 0 Å². The summed E-state index contributed by atoms with van der Waals surface area (Å²) in [7, 11) is 0. The third-order valence-corrected chi connectivity index (χ3v) is 5.55. The molecule has 1 aliphatic carbocycles. The molecule has 0 spiro atoms. The van der Waals surface area contributed by atoms with Crippen LogP contribution in [0.4, 0.5) is 11.4 Å². The molecule has 3 aromatic carbocycles. The topological polar surface area (TPSA) is 58.6 Å². The molecule has 146 valence electrons. The monoisotopic (exact) mass is 386 g/mol. The number of fused-ring (bicyclic) bond motifs is 2. The summed E-state index contributed by atoms with van der Waals surface area (Å²) in [4.78, 5) is 26.7. The summed E-state index contributed by atoms with van der Waals surface area (Å²) in [6.07, 6.45) is 2.85. The second kappa shape index (κ2) is 7.24. The molecule has 3 aromatic rings. The Bertz CT molecular complexity index is 1100. The van der Waals surface area contributed by atoms with Crippen molar-refractivity contribution in [1.82, 2.24) is 0 Å². The number of nitrogens with one attached hydrogen (secondary N) is 1. The highest BCUT2D eigenvalue weighted by atomic mass is 16.5.